The molecule has 1 N–H and O–H groups in total. The molecule has 0 bridgehead atoms. The summed E-state index contributed by atoms with van der Waals surface area (Å²) in [5, 5.41) is 3.44. The highest BCUT2D eigenvalue weighted by molar-refractivity contribution is 6.38. The number of nitrogens with one attached hydrogen (secondary N) is 1. The second-order valence-corrected chi connectivity index (χ2v) is 19.6. The molecule has 0 unspecified atom stereocenters. The molecule has 14 nitrogen and oxygen atoms in total. The second-order valence-electron chi connectivity index (χ2n) is 19.6. The van der Waals surface area contributed by atoms with E-state index in [4.69, 9.17) is 29.4 Å². The summed E-state index contributed by atoms with van der Waals surface area (Å²) in [4.78, 5) is 80.5. The van der Waals surface area contributed by atoms with E-state index in [9.17, 15) is 19.2 Å². The van der Waals surface area contributed by atoms with Gasteiger partial charge < -0.3 is 24.6 Å². The first-order chi connectivity index (χ1) is 24.9. The van der Waals surface area contributed by atoms with Crippen molar-refractivity contribution in [1.29, 1.82) is 0 Å². The molecule has 2 amide bonds. The topological polar surface area (TPSA) is 169 Å². The molecule has 2 saturated heterocycles. The highest BCUT2D eigenvalue weighted by Crippen LogP contribution is 2.44. The average Bonchev–Trinajstić information content (AvgIpc) is 2.93. The molecular weight excluding hydrogens is 701 g/mol. The number of piperidine rings is 2. The SMILES string of the molecule is CCOC(=O)C(=Nc1nc(N=C(C(=O)OCC)C2CC(C)(C)N(C(C)=O)C(C)(C)C2)nc(NC(C)(C)CC(C)(C)C)n1)C1CC(C)(C)N(C(C)=O)C(C)(C)C1. The molecule has 2 aliphatic heterocycles. The minimum absolute atomic E-state index is 0.0393. The Labute approximate surface area is 329 Å². The Balaban J connectivity index is 2.32. The first-order valence-corrected chi connectivity index (χ1v) is 19.6. The van der Waals surface area contributed by atoms with Crippen LogP contribution in [0.25, 0.3) is 0 Å². The second kappa shape index (κ2) is 16.3. The first kappa shape index (κ1) is 45.4. The number of carbonyl (C=O) groups excluding carboxylic acids is 4. The van der Waals surface area contributed by atoms with Gasteiger partial charge in [0.15, 0.2) is 0 Å². The third kappa shape index (κ3) is 11.3. The molecule has 3 heterocycles. The van der Waals surface area contributed by atoms with Crippen LogP contribution in [-0.4, -0.2) is 101 Å². The van der Waals surface area contributed by atoms with E-state index < -0.39 is 51.5 Å². The van der Waals surface area contributed by atoms with E-state index in [2.05, 4.69) is 31.1 Å². The number of esters is 2. The third-order valence-electron chi connectivity index (χ3n) is 10.3. The van der Waals surface area contributed by atoms with Gasteiger partial charge in [0.05, 0.1) is 13.2 Å². The van der Waals surface area contributed by atoms with Crippen LogP contribution in [0.15, 0.2) is 9.98 Å². The van der Waals surface area contributed by atoms with Crippen LogP contribution < -0.4 is 5.32 Å². The first-order valence-electron chi connectivity index (χ1n) is 19.6. The number of ether oxygens (including phenoxy) is 2. The third-order valence-corrected chi connectivity index (χ3v) is 10.3. The van der Waals surface area contributed by atoms with E-state index in [0.717, 1.165) is 6.42 Å². The monoisotopic (exact) mass is 769 g/mol. The van der Waals surface area contributed by atoms with Gasteiger partial charge in [-0.1, -0.05) is 20.8 Å². The fraction of sp³-hybridized carbons (Fsp3) is 0.780. The van der Waals surface area contributed by atoms with Crippen molar-refractivity contribution in [3.05, 3.63) is 0 Å². The van der Waals surface area contributed by atoms with Crippen LogP contribution >= 0.6 is 0 Å². The van der Waals surface area contributed by atoms with E-state index in [1.54, 1.807) is 27.7 Å². The zero-order valence-corrected chi connectivity index (χ0v) is 36.7. The molecule has 2 fully saturated rings. The summed E-state index contributed by atoms with van der Waals surface area (Å²) in [5.41, 5.74) is -2.65. The molecule has 0 radical (unpaired) electrons. The summed E-state index contributed by atoms with van der Waals surface area (Å²) in [6, 6.07) is 0. The van der Waals surface area contributed by atoms with Gasteiger partial charge in [0.1, 0.15) is 11.4 Å². The van der Waals surface area contributed by atoms with Crippen molar-refractivity contribution in [3.8, 4) is 0 Å². The minimum atomic E-state index is -0.600. The summed E-state index contributed by atoms with van der Waals surface area (Å²) in [6.07, 6.45) is 2.55. The molecule has 3 rings (SSSR count). The van der Waals surface area contributed by atoms with Crippen molar-refractivity contribution in [2.24, 2.45) is 27.2 Å². The maximum absolute atomic E-state index is 13.7. The summed E-state index contributed by atoms with van der Waals surface area (Å²) >= 11 is 0. The molecule has 0 aliphatic carbocycles. The standard InChI is InChI=1S/C41H68N8O6/c1-18-54-31(52)29(27-20-38(10,11)48(25(3)50)39(12,13)21-27)42-33-44-34(46-35(45-33)47-37(8,9)24-36(5,6)7)43-30(32(53)55-19-2)28-22-40(14,15)49(26(4)51)41(16,17)23-28/h27-28H,18-24H2,1-17H3,(H,44,45,46,47). The van der Waals surface area contributed by atoms with Gasteiger partial charge >= 0.3 is 11.9 Å². The van der Waals surface area contributed by atoms with Gasteiger partial charge in [-0.2, -0.15) is 15.0 Å². The van der Waals surface area contributed by atoms with E-state index >= 15 is 0 Å². The van der Waals surface area contributed by atoms with Crippen LogP contribution in [0.2, 0.25) is 0 Å². The van der Waals surface area contributed by atoms with Crippen molar-refractivity contribution in [1.82, 2.24) is 24.8 Å². The van der Waals surface area contributed by atoms with Gasteiger partial charge in [0.25, 0.3) is 11.9 Å². The number of anilines is 1. The van der Waals surface area contributed by atoms with E-state index in [0.29, 0.717) is 25.7 Å². The summed E-state index contributed by atoms with van der Waals surface area (Å²) in [5.74, 6) is -2.08. The highest BCUT2D eigenvalue weighted by atomic mass is 16.5. The number of hydrogen-bond acceptors (Lipinski definition) is 12. The summed E-state index contributed by atoms with van der Waals surface area (Å²) in [7, 11) is 0. The molecule has 55 heavy (non-hydrogen) atoms. The largest absolute Gasteiger partial charge is 0.461 e. The Morgan fingerprint density at radius 3 is 1.25 bits per heavy atom. The molecule has 1 aromatic rings. The van der Waals surface area contributed by atoms with Crippen LogP contribution in [-0.2, 0) is 28.7 Å². The van der Waals surface area contributed by atoms with Gasteiger partial charge in [-0.25, -0.2) is 19.6 Å². The Hall–Kier alpha value is -3.97. The fourth-order valence-corrected chi connectivity index (χ4v) is 10.1. The van der Waals surface area contributed by atoms with Gasteiger partial charge in [-0.15, -0.1) is 0 Å². The van der Waals surface area contributed by atoms with E-state index in [-0.39, 0.29) is 59.7 Å². The zero-order chi connectivity index (χ0) is 42.1. The number of aromatic nitrogens is 3. The number of amides is 2. The van der Waals surface area contributed by atoms with Gasteiger partial charge in [0, 0.05) is 53.4 Å². The summed E-state index contributed by atoms with van der Waals surface area (Å²) < 4.78 is 11.1. The number of aliphatic imine (C=N–C) groups is 2. The molecule has 0 saturated carbocycles. The van der Waals surface area contributed by atoms with Crippen LogP contribution in [0.5, 0.6) is 0 Å². The van der Waals surface area contributed by atoms with E-state index in [1.165, 1.54) is 0 Å². The van der Waals surface area contributed by atoms with Gasteiger partial charge in [-0.3, -0.25) is 9.59 Å². The number of rotatable bonds is 11. The Bertz CT molecular complexity index is 1550. The predicted octanol–water partition coefficient (Wildman–Crippen LogP) is 7.40. The Morgan fingerprint density at radius 2 is 0.982 bits per heavy atom. The quantitative estimate of drug-likeness (QED) is 0.177. The number of carbonyl (C=O) groups is 4. The number of nitrogens with zero attached hydrogens (tertiary/aromatic N) is 7. The van der Waals surface area contributed by atoms with Crippen molar-refractivity contribution in [3.63, 3.8) is 0 Å². The lowest BCUT2D eigenvalue weighted by atomic mass is 9.71. The normalized spacial score (nSPS) is 20.5. The average molecular weight is 769 g/mol. The molecule has 0 aromatic carbocycles. The lowest BCUT2D eigenvalue weighted by Gasteiger charge is -2.55. The van der Waals surface area contributed by atoms with Crippen LogP contribution in [0.3, 0.4) is 0 Å². The molecule has 2 aliphatic rings. The number of hydrogen-bond donors (Lipinski definition) is 1. The highest BCUT2D eigenvalue weighted by Gasteiger charge is 2.50. The van der Waals surface area contributed by atoms with E-state index in [1.807, 2.05) is 79.0 Å². The zero-order valence-electron chi connectivity index (χ0n) is 36.7. The maximum atomic E-state index is 13.7. The van der Waals surface area contributed by atoms with Crippen LogP contribution in [0.4, 0.5) is 17.8 Å². The molecule has 14 heteroatoms. The lowest BCUT2D eigenvalue weighted by molar-refractivity contribution is -0.149. The number of likely N-dealkylation sites (tertiary alicyclic amines) is 2. The Kier molecular flexibility index (Phi) is 13.4. The molecule has 1 aromatic heterocycles. The van der Waals surface area contributed by atoms with Gasteiger partial charge in [-0.05, 0) is 121 Å². The van der Waals surface area contributed by atoms with Crippen molar-refractivity contribution >= 4 is 53.0 Å². The van der Waals surface area contributed by atoms with Crippen molar-refractivity contribution < 1.29 is 28.7 Å². The summed E-state index contributed by atoms with van der Waals surface area (Å²) in [6.45, 7) is 33.3. The lowest BCUT2D eigenvalue weighted by Crippen LogP contribution is -2.63. The van der Waals surface area contributed by atoms with Crippen LogP contribution in [0, 0.1) is 17.3 Å². The minimum Gasteiger partial charge on any atom is -0.461 e. The van der Waals surface area contributed by atoms with Crippen molar-refractivity contribution in [2.75, 3.05) is 18.5 Å². The van der Waals surface area contributed by atoms with Crippen LogP contribution in [0.1, 0.15) is 150 Å². The molecule has 0 spiro atoms. The fourth-order valence-electron chi connectivity index (χ4n) is 10.1. The maximum Gasteiger partial charge on any atom is 0.353 e. The van der Waals surface area contributed by atoms with Crippen molar-refractivity contribution in [2.45, 2.75) is 178 Å². The molecule has 0 atom stereocenters. The Morgan fingerprint density at radius 1 is 0.655 bits per heavy atom. The smallest absolute Gasteiger partial charge is 0.353 e. The van der Waals surface area contributed by atoms with Gasteiger partial charge in [0.2, 0.25) is 17.8 Å². The molecular formula is C41H68N8O6. The molecule has 308 valence electrons. The predicted molar refractivity (Wildman–Crippen MR) is 216 cm³/mol.